The molecule has 4 heteroatoms. The molecule has 1 rings (SSSR count). The molecule has 0 aliphatic carbocycles. The van der Waals surface area contributed by atoms with Crippen molar-refractivity contribution in [2.24, 2.45) is 0 Å². The molecule has 0 aromatic rings. The summed E-state index contributed by atoms with van der Waals surface area (Å²) < 4.78 is 4.82. The Hall–Kier alpha value is -0.610. The second-order valence-electron chi connectivity index (χ2n) is 2.76. The smallest absolute Gasteiger partial charge is 0.302 e. The van der Waals surface area contributed by atoms with Crippen molar-refractivity contribution in [1.29, 1.82) is 0 Å². The van der Waals surface area contributed by atoms with Gasteiger partial charge >= 0.3 is 5.97 Å². The van der Waals surface area contributed by atoms with Gasteiger partial charge in [0.2, 0.25) is 0 Å². The van der Waals surface area contributed by atoms with Gasteiger partial charge in [-0.1, -0.05) is 0 Å². The zero-order valence-corrected chi connectivity index (χ0v) is 7.38. The largest absolute Gasteiger partial charge is 0.465 e. The van der Waals surface area contributed by atoms with Gasteiger partial charge in [0.25, 0.3) is 0 Å². The number of esters is 1. The molecule has 1 radical (unpaired) electrons. The highest BCUT2D eigenvalue weighted by Gasteiger charge is 2.09. The van der Waals surface area contributed by atoms with Crippen LogP contribution in [0.15, 0.2) is 0 Å². The van der Waals surface area contributed by atoms with Crippen LogP contribution in [-0.2, 0) is 9.53 Å². The molecule has 1 aliphatic rings. The molecule has 0 unspecified atom stereocenters. The molecule has 69 valence electrons. The maximum Gasteiger partial charge on any atom is 0.302 e. The third kappa shape index (κ3) is 3.69. The summed E-state index contributed by atoms with van der Waals surface area (Å²) >= 11 is 0. The Morgan fingerprint density at radius 2 is 2.58 bits per heavy atom. The van der Waals surface area contributed by atoms with Crippen molar-refractivity contribution < 1.29 is 9.53 Å². The van der Waals surface area contributed by atoms with Gasteiger partial charge in [-0.25, -0.2) is 0 Å². The Balaban J connectivity index is 2.01. The lowest BCUT2D eigenvalue weighted by molar-refractivity contribution is -0.141. The first-order valence-corrected chi connectivity index (χ1v) is 4.20. The van der Waals surface area contributed by atoms with E-state index < -0.39 is 0 Å². The summed E-state index contributed by atoms with van der Waals surface area (Å²) in [6.07, 6.45) is 0. The van der Waals surface area contributed by atoms with E-state index in [1.807, 2.05) is 0 Å². The molecule has 0 aromatic heterocycles. The van der Waals surface area contributed by atoms with Crippen LogP contribution in [0, 0.1) is 6.54 Å². The first-order chi connectivity index (χ1) is 5.79. The summed E-state index contributed by atoms with van der Waals surface area (Å²) in [5.41, 5.74) is 0. The Bertz CT molecular complexity index is 144. The number of hydrogen-bond donors (Lipinski definition) is 1. The van der Waals surface area contributed by atoms with E-state index >= 15 is 0 Å². The molecular weight excluding hydrogens is 156 g/mol. The van der Waals surface area contributed by atoms with Crippen molar-refractivity contribution in [3.05, 3.63) is 6.54 Å². The van der Waals surface area contributed by atoms with E-state index in [2.05, 4.69) is 16.8 Å². The van der Waals surface area contributed by atoms with Crippen LogP contribution < -0.4 is 5.32 Å². The van der Waals surface area contributed by atoms with Crippen molar-refractivity contribution >= 4 is 5.97 Å². The molecule has 0 spiro atoms. The predicted octanol–water partition coefficient (Wildman–Crippen LogP) is -0.384. The third-order valence-corrected chi connectivity index (χ3v) is 1.75. The van der Waals surface area contributed by atoms with E-state index in [1.165, 1.54) is 6.92 Å². The summed E-state index contributed by atoms with van der Waals surface area (Å²) in [5, 5.41) is 3.21. The van der Waals surface area contributed by atoms with Crippen LogP contribution in [-0.4, -0.2) is 43.7 Å². The van der Waals surface area contributed by atoms with Crippen LogP contribution in [0.3, 0.4) is 0 Å². The topological polar surface area (TPSA) is 41.6 Å². The lowest BCUT2D eigenvalue weighted by atomic mass is 10.4. The summed E-state index contributed by atoms with van der Waals surface area (Å²) in [6.45, 7) is 7.75. The van der Waals surface area contributed by atoms with Crippen LogP contribution in [0.25, 0.3) is 0 Å². The van der Waals surface area contributed by atoms with Gasteiger partial charge in [0, 0.05) is 39.6 Å². The Morgan fingerprint density at radius 1 is 1.75 bits per heavy atom. The van der Waals surface area contributed by atoms with Crippen molar-refractivity contribution in [2.45, 2.75) is 6.92 Å². The number of rotatable bonds is 3. The SMILES string of the molecule is CC(=O)OCCN1[CH]CNCC1. The number of nitrogens with zero attached hydrogens (tertiary/aromatic N) is 1. The molecule has 0 bridgehead atoms. The number of carbonyl (C=O) groups excluding carboxylic acids is 1. The first-order valence-electron chi connectivity index (χ1n) is 4.20. The summed E-state index contributed by atoms with van der Waals surface area (Å²) in [5.74, 6) is -0.204. The minimum Gasteiger partial charge on any atom is -0.465 e. The monoisotopic (exact) mass is 171 g/mol. The Kier molecular flexibility index (Phi) is 4.04. The number of carbonyl (C=O) groups is 1. The van der Waals surface area contributed by atoms with Crippen molar-refractivity contribution in [2.75, 3.05) is 32.8 Å². The molecule has 12 heavy (non-hydrogen) atoms. The number of hydrogen-bond acceptors (Lipinski definition) is 4. The fourth-order valence-corrected chi connectivity index (χ4v) is 1.12. The summed E-state index contributed by atoms with van der Waals surface area (Å²) in [4.78, 5) is 12.6. The van der Waals surface area contributed by atoms with Crippen LogP contribution >= 0.6 is 0 Å². The van der Waals surface area contributed by atoms with Crippen molar-refractivity contribution in [3.8, 4) is 0 Å². The van der Waals surface area contributed by atoms with Gasteiger partial charge in [-0.2, -0.15) is 0 Å². The van der Waals surface area contributed by atoms with Gasteiger partial charge < -0.3 is 10.1 Å². The van der Waals surface area contributed by atoms with Crippen LogP contribution in [0.1, 0.15) is 6.92 Å². The van der Waals surface area contributed by atoms with Crippen LogP contribution in [0.4, 0.5) is 0 Å². The molecule has 4 nitrogen and oxygen atoms in total. The van der Waals surface area contributed by atoms with Gasteiger partial charge in [0.1, 0.15) is 6.61 Å². The minimum atomic E-state index is -0.204. The second-order valence-corrected chi connectivity index (χ2v) is 2.76. The van der Waals surface area contributed by atoms with E-state index in [-0.39, 0.29) is 5.97 Å². The predicted molar refractivity (Wildman–Crippen MR) is 45.4 cm³/mol. The fraction of sp³-hybridized carbons (Fsp3) is 0.750. The average Bonchev–Trinajstić information content (AvgIpc) is 2.05. The highest BCUT2D eigenvalue weighted by Crippen LogP contribution is 1.95. The van der Waals surface area contributed by atoms with E-state index in [9.17, 15) is 4.79 Å². The molecule has 0 amide bonds. The maximum absolute atomic E-state index is 10.4. The maximum atomic E-state index is 10.4. The zero-order valence-electron chi connectivity index (χ0n) is 7.38. The fourth-order valence-electron chi connectivity index (χ4n) is 1.12. The van der Waals surface area contributed by atoms with Crippen LogP contribution in [0.5, 0.6) is 0 Å². The summed E-state index contributed by atoms with van der Waals surface area (Å²) in [7, 11) is 0. The highest BCUT2D eigenvalue weighted by molar-refractivity contribution is 5.65. The zero-order chi connectivity index (χ0) is 8.81. The van der Waals surface area contributed by atoms with E-state index in [0.717, 1.165) is 26.2 Å². The van der Waals surface area contributed by atoms with Gasteiger partial charge in [0.15, 0.2) is 0 Å². The molecule has 0 atom stereocenters. The van der Waals surface area contributed by atoms with Crippen molar-refractivity contribution in [1.82, 2.24) is 10.2 Å². The van der Waals surface area contributed by atoms with E-state index in [0.29, 0.717) is 6.61 Å². The molecule has 1 saturated heterocycles. The molecule has 0 aromatic carbocycles. The normalized spacial score (nSPS) is 19.1. The molecule has 1 fully saturated rings. The quantitative estimate of drug-likeness (QED) is 0.588. The molecule has 0 saturated carbocycles. The number of piperazine rings is 1. The first kappa shape index (κ1) is 9.48. The Morgan fingerprint density at radius 3 is 3.17 bits per heavy atom. The van der Waals surface area contributed by atoms with Gasteiger partial charge in [0.05, 0.1) is 0 Å². The highest BCUT2D eigenvalue weighted by atomic mass is 16.5. The van der Waals surface area contributed by atoms with Gasteiger partial charge in [-0.15, -0.1) is 0 Å². The molecule has 1 N–H and O–H groups in total. The number of nitrogens with one attached hydrogen (secondary N) is 1. The number of ether oxygens (including phenoxy) is 1. The van der Waals surface area contributed by atoms with Crippen LogP contribution in [0.2, 0.25) is 0 Å². The van der Waals surface area contributed by atoms with Gasteiger partial charge in [-0.05, 0) is 0 Å². The second kappa shape index (κ2) is 5.11. The molecular formula is C8H15N2O2. The third-order valence-electron chi connectivity index (χ3n) is 1.75. The van der Waals surface area contributed by atoms with Gasteiger partial charge in [-0.3, -0.25) is 9.69 Å². The van der Waals surface area contributed by atoms with Crippen molar-refractivity contribution in [3.63, 3.8) is 0 Å². The molecule has 1 aliphatic heterocycles. The standard InChI is InChI=1S/C8H15N2O2/c1-8(11)12-7-6-10-4-2-9-3-5-10/h4,9H,2-3,5-7H2,1H3. The molecule has 1 heterocycles. The Labute approximate surface area is 72.9 Å². The summed E-state index contributed by atoms with van der Waals surface area (Å²) in [6, 6.07) is 0. The lowest BCUT2D eigenvalue weighted by Gasteiger charge is -2.26. The average molecular weight is 171 g/mol. The lowest BCUT2D eigenvalue weighted by Crippen LogP contribution is -2.41. The van der Waals surface area contributed by atoms with E-state index in [1.54, 1.807) is 0 Å². The van der Waals surface area contributed by atoms with E-state index in [4.69, 9.17) is 4.74 Å². The minimum absolute atomic E-state index is 0.204.